The molecule has 17 nitrogen and oxygen atoms in total. The van der Waals surface area contributed by atoms with Gasteiger partial charge in [-0.3, -0.25) is 4.79 Å². The maximum Gasteiger partial charge on any atom is 0.305 e. The fourth-order valence-corrected chi connectivity index (χ4v) is 13.3. The molecule has 54 heavy (non-hydrogen) atoms. The van der Waals surface area contributed by atoms with Crippen molar-refractivity contribution in [3.05, 3.63) is 0 Å². The number of aliphatic hydroxyl groups is 13. The van der Waals surface area contributed by atoms with E-state index >= 15 is 0 Å². The molecule has 2 saturated heterocycles. The largest absolute Gasteiger partial charge is 0.469 e. The monoisotopic (exact) mass is 778 g/mol. The molecule has 312 valence electrons. The van der Waals surface area contributed by atoms with Crippen molar-refractivity contribution in [2.45, 2.75) is 151 Å². The van der Waals surface area contributed by atoms with Gasteiger partial charge in [-0.25, -0.2) is 0 Å². The lowest BCUT2D eigenvalue weighted by atomic mass is 9.33. The normalized spacial score (nSPS) is 56.7. The third kappa shape index (κ3) is 5.56. The number of hydrogen-bond donors (Lipinski definition) is 13. The number of ether oxygens (including phenoxy) is 3. The molecule has 6 rings (SSSR count). The first-order valence-corrected chi connectivity index (χ1v) is 19.4. The number of fused-ring (bicyclic) bond motifs is 5. The third-order valence-corrected chi connectivity index (χ3v) is 16.0. The zero-order chi connectivity index (χ0) is 40.1. The second kappa shape index (κ2) is 14.6. The van der Waals surface area contributed by atoms with Gasteiger partial charge in [0.25, 0.3) is 0 Å². The van der Waals surface area contributed by atoms with Crippen molar-refractivity contribution in [1.82, 2.24) is 0 Å². The lowest BCUT2D eigenvalue weighted by molar-refractivity contribution is -0.507. The summed E-state index contributed by atoms with van der Waals surface area (Å²) in [4.78, 5) is 12.1. The van der Waals surface area contributed by atoms with Crippen molar-refractivity contribution in [3.8, 4) is 0 Å². The molecule has 6 aliphatic rings. The third-order valence-electron chi connectivity index (χ3n) is 16.0. The molecule has 0 amide bonds. The van der Waals surface area contributed by atoms with Gasteiger partial charge in [0.15, 0.2) is 0 Å². The van der Waals surface area contributed by atoms with Crippen LogP contribution in [-0.2, 0) is 19.0 Å². The van der Waals surface area contributed by atoms with Crippen LogP contribution in [0.15, 0.2) is 0 Å². The summed E-state index contributed by atoms with van der Waals surface area (Å²) < 4.78 is 16.8. The van der Waals surface area contributed by atoms with Gasteiger partial charge >= 0.3 is 5.97 Å². The number of rotatable bonds is 8. The van der Waals surface area contributed by atoms with E-state index in [4.69, 9.17) is 14.2 Å². The number of aliphatic hydroxyl groups excluding tert-OH is 11. The van der Waals surface area contributed by atoms with Gasteiger partial charge in [-0.15, -0.1) is 0 Å². The van der Waals surface area contributed by atoms with E-state index in [2.05, 4.69) is 0 Å². The summed E-state index contributed by atoms with van der Waals surface area (Å²) in [6.07, 6.45) is -19.9. The van der Waals surface area contributed by atoms with Crippen LogP contribution in [-0.4, -0.2) is 171 Å². The molecule has 4 saturated carbocycles. The second-order valence-corrected chi connectivity index (χ2v) is 17.9. The summed E-state index contributed by atoms with van der Waals surface area (Å²) in [5, 5.41) is 151. The average Bonchev–Trinajstić information content (AvgIpc) is 3.50. The van der Waals surface area contributed by atoms with E-state index in [-0.39, 0.29) is 49.4 Å². The van der Waals surface area contributed by atoms with E-state index < -0.39 is 132 Å². The van der Waals surface area contributed by atoms with E-state index in [0.717, 1.165) is 0 Å². The van der Waals surface area contributed by atoms with Gasteiger partial charge in [0.1, 0.15) is 48.8 Å². The first-order valence-electron chi connectivity index (χ1n) is 19.4. The Morgan fingerprint density at radius 2 is 1.31 bits per heavy atom. The topological polar surface area (TPSA) is 308 Å². The molecule has 2 aliphatic heterocycles. The van der Waals surface area contributed by atoms with Gasteiger partial charge in [-0.2, -0.15) is 0 Å². The van der Waals surface area contributed by atoms with Crippen LogP contribution in [0.1, 0.15) is 72.1 Å². The van der Waals surface area contributed by atoms with Crippen LogP contribution in [0, 0.1) is 51.8 Å². The second-order valence-electron chi connectivity index (χ2n) is 17.9. The fourth-order valence-electron chi connectivity index (χ4n) is 13.3. The molecule has 0 spiro atoms. The standard InChI is InChI=1S/C37H62O17/c1-15(5-8-25(43)52-4)18-6-7-19-26-20(11-24(42)33(18,19)2)34(3)16(10-21(26)41)9-17(40)12-35(34,36(50)31(48)29(46)27(44)22(13-38)53-36)37(51)32(49)30(47)28(45)23(14-39)54-37/h15-24,26-32,38-42,44-51H,5-14H2,1-4H3/t15?,16?,17?,18?,19?,20?,21?,22-,23-,24?,26?,27-,28-,29+,30+,31-,32-,33?,34?,35?,36?,37?/m1/s1. The van der Waals surface area contributed by atoms with E-state index in [1.54, 1.807) is 6.92 Å². The SMILES string of the molecule is COC(=O)CCC(C)C1CCC2C3C(O)CC4CC(O)CC(C5(O)O[C@H](CO)[C@@H](O)[C@H](O)[C@H]5O)(C5(O)O[C@H](CO)[C@@H](O)[C@H](O)[C@H]5O)C4(C)C3CC(O)C12C. The van der Waals surface area contributed by atoms with Gasteiger partial charge < -0.3 is 80.6 Å². The highest BCUT2D eigenvalue weighted by Gasteiger charge is 2.85. The summed E-state index contributed by atoms with van der Waals surface area (Å²) in [6, 6.07) is 0. The minimum absolute atomic E-state index is 0.0389. The minimum Gasteiger partial charge on any atom is -0.469 e. The molecule has 0 aromatic heterocycles. The lowest BCUT2D eigenvalue weighted by Gasteiger charge is -2.75. The molecule has 2 heterocycles. The van der Waals surface area contributed by atoms with Crippen molar-refractivity contribution in [2.75, 3.05) is 20.3 Å². The Labute approximate surface area is 314 Å². The van der Waals surface area contributed by atoms with Gasteiger partial charge in [-0.1, -0.05) is 20.8 Å². The molecule has 0 aromatic carbocycles. The minimum atomic E-state index is -3.34. The maximum absolute atomic E-state index is 13.1. The maximum atomic E-state index is 13.1. The Kier molecular flexibility index (Phi) is 11.5. The predicted octanol–water partition coefficient (Wildman–Crippen LogP) is -3.54. The number of methoxy groups -OCH3 is 1. The number of carbonyl (C=O) groups is 1. The van der Waals surface area contributed by atoms with Crippen molar-refractivity contribution in [2.24, 2.45) is 51.8 Å². The van der Waals surface area contributed by atoms with E-state index in [1.807, 2.05) is 13.8 Å². The van der Waals surface area contributed by atoms with Gasteiger partial charge in [0.05, 0.1) is 44.1 Å². The first kappa shape index (κ1) is 42.5. The first-order chi connectivity index (χ1) is 25.2. The summed E-state index contributed by atoms with van der Waals surface area (Å²) in [7, 11) is 1.31. The molecule has 17 heteroatoms. The highest BCUT2D eigenvalue weighted by Crippen LogP contribution is 2.76. The van der Waals surface area contributed by atoms with Crippen molar-refractivity contribution >= 4 is 5.97 Å². The Hall–Kier alpha value is -1.13. The predicted molar refractivity (Wildman–Crippen MR) is 182 cm³/mol. The van der Waals surface area contributed by atoms with E-state index in [1.165, 1.54) is 7.11 Å². The van der Waals surface area contributed by atoms with Crippen LogP contribution in [0.5, 0.6) is 0 Å². The molecule has 0 aromatic rings. The molecular weight excluding hydrogens is 716 g/mol. The summed E-state index contributed by atoms with van der Waals surface area (Å²) in [6.45, 7) is 3.51. The van der Waals surface area contributed by atoms with Crippen LogP contribution in [0.3, 0.4) is 0 Å². The lowest BCUT2D eigenvalue weighted by Crippen LogP contribution is -2.87. The molecule has 0 bridgehead atoms. The average molecular weight is 779 g/mol. The molecule has 0 radical (unpaired) electrons. The van der Waals surface area contributed by atoms with Crippen molar-refractivity contribution in [1.29, 1.82) is 0 Å². The zero-order valence-corrected chi connectivity index (χ0v) is 31.3. The Morgan fingerprint density at radius 3 is 1.81 bits per heavy atom. The molecule has 4 aliphatic carbocycles. The van der Waals surface area contributed by atoms with E-state index in [0.29, 0.717) is 19.3 Å². The van der Waals surface area contributed by atoms with Gasteiger partial charge in [0.2, 0.25) is 11.6 Å². The number of carbonyl (C=O) groups excluding carboxylic acids is 1. The number of hydrogen-bond acceptors (Lipinski definition) is 17. The van der Waals surface area contributed by atoms with Crippen LogP contribution in [0.2, 0.25) is 0 Å². The van der Waals surface area contributed by atoms with Gasteiger partial charge in [-0.05, 0) is 91.3 Å². The summed E-state index contributed by atoms with van der Waals surface area (Å²) in [5.41, 5.74) is -5.35. The molecule has 13 unspecified atom stereocenters. The van der Waals surface area contributed by atoms with E-state index in [9.17, 15) is 71.2 Å². The quantitative estimate of drug-likeness (QED) is 0.106. The Balaban J connectivity index is 1.57. The smallest absolute Gasteiger partial charge is 0.305 e. The van der Waals surface area contributed by atoms with Crippen molar-refractivity contribution in [3.63, 3.8) is 0 Å². The van der Waals surface area contributed by atoms with Crippen LogP contribution in [0.25, 0.3) is 0 Å². The molecule has 6 fully saturated rings. The summed E-state index contributed by atoms with van der Waals surface area (Å²) in [5.74, 6) is -10.1. The fraction of sp³-hybridized carbons (Fsp3) is 0.973. The Morgan fingerprint density at radius 1 is 0.778 bits per heavy atom. The van der Waals surface area contributed by atoms with Gasteiger partial charge in [0, 0.05) is 6.42 Å². The zero-order valence-electron chi connectivity index (χ0n) is 31.3. The summed E-state index contributed by atoms with van der Waals surface area (Å²) >= 11 is 0. The van der Waals surface area contributed by atoms with Crippen LogP contribution >= 0.6 is 0 Å². The molecule has 21 atom stereocenters. The van der Waals surface area contributed by atoms with Crippen molar-refractivity contribution < 1.29 is 85.4 Å². The number of esters is 1. The van der Waals surface area contributed by atoms with Crippen LogP contribution in [0.4, 0.5) is 0 Å². The highest BCUT2D eigenvalue weighted by molar-refractivity contribution is 5.69. The highest BCUT2D eigenvalue weighted by atomic mass is 16.7. The molecule has 13 N–H and O–H groups in total. The van der Waals surface area contributed by atoms with Crippen LogP contribution < -0.4 is 0 Å². The Bertz CT molecular complexity index is 1330. The molecular formula is C37H62O17.